The van der Waals surface area contributed by atoms with Gasteiger partial charge in [0.2, 0.25) is 0 Å². The van der Waals surface area contributed by atoms with Crippen molar-refractivity contribution in [1.29, 1.82) is 0 Å². The van der Waals surface area contributed by atoms with Crippen LogP contribution in [0.5, 0.6) is 0 Å². The third kappa shape index (κ3) is 4.04. The number of fused-ring (bicyclic) bond motifs is 1. The van der Waals surface area contributed by atoms with Gasteiger partial charge < -0.3 is 19.5 Å². The highest BCUT2D eigenvalue weighted by Gasteiger charge is 2.25. The summed E-state index contributed by atoms with van der Waals surface area (Å²) in [5.41, 5.74) is 3.12. The Balaban J connectivity index is 1.37. The minimum Gasteiger partial charge on any atom is -0.377 e. The quantitative estimate of drug-likeness (QED) is 0.692. The molecule has 7 heteroatoms. The number of benzene rings is 1. The van der Waals surface area contributed by atoms with Gasteiger partial charge in [-0.15, -0.1) is 0 Å². The SMILES string of the molecule is Cc1ccc2nc(N3CCC(NCC4CCCO4)CC3)c(-c3nc(C)no3)cc2c1. The molecule has 2 aliphatic heterocycles. The zero-order valence-electron chi connectivity index (χ0n) is 17.7. The largest absolute Gasteiger partial charge is 0.377 e. The summed E-state index contributed by atoms with van der Waals surface area (Å²) in [5, 5.41) is 8.80. The molecule has 1 aromatic carbocycles. The van der Waals surface area contributed by atoms with E-state index in [1.807, 2.05) is 6.92 Å². The molecule has 30 heavy (non-hydrogen) atoms. The molecule has 2 aliphatic rings. The Labute approximate surface area is 176 Å². The average molecular weight is 408 g/mol. The first kappa shape index (κ1) is 19.5. The molecule has 0 bridgehead atoms. The minimum absolute atomic E-state index is 0.390. The lowest BCUT2D eigenvalue weighted by molar-refractivity contribution is 0.106. The summed E-state index contributed by atoms with van der Waals surface area (Å²) >= 11 is 0. The molecule has 0 aliphatic carbocycles. The second kappa shape index (κ2) is 8.32. The van der Waals surface area contributed by atoms with E-state index in [1.165, 1.54) is 18.4 Å². The molecule has 0 radical (unpaired) electrons. The van der Waals surface area contributed by atoms with Crippen LogP contribution in [0.1, 0.15) is 37.1 Å². The van der Waals surface area contributed by atoms with Crippen LogP contribution >= 0.6 is 0 Å². The fraction of sp³-hybridized carbons (Fsp3) is 0.522. The van der Waals surface area contributed by atoms with E-state index in [0.717, 1.165) is 61.4 Å². The van der Waals surface area contributed by atoms with Gasteiger partial charge in [0.25, 0.3) is 5.89 Å². The number of anilines is 1. The zero-order valence-corrected chi connectivity index (χ0v) is 17.7. The highest BCUT2D eigenvalue weighted by molar-refractivity contribution is 5.88. The number of pyridine rings is 1. The van der Waals surface area contributed by atoms with E-state index < -0.39 is 0 Å². The van der Waals surface area contributed by atoms with Crippen LogP contribution in [0.4, 0.5) is 5.82 Å². The van der Waals surface area contributed by atoms with Crippen molar-refractivity contribution in [2.75, 3.05) is 31.1 Å². The number of nitrogens with zero attached hydrogens (tertiary/aromatic N) is 4. The highest BCUT2D eigenvalue weighted by Crippen LogP contribution is 2.33. The molecular weight excluding hydrogens is 378 g/mol. The van der Waals surface area contributed by atoms with Crippen molar-refractivity contribution in [3.8, 4) is 11.5 Å². The predicted molar refractivity (Wildman–Crippen MR) is 117 cm³/mol. The van der Waals surface area contributed by atoms with E-state index in [1.54, 1.807) is 0 Å². The van der Waals surface area contributed by atoms with Gasteiger partial charge in [-0.25, -0.2) is 4.98 Å². The first-order valence-electron chi connectivity index (χ1n) is 11.0. The first-order valence-corrected chi connectivity index (χ1v) is 11.0. The monoisotopic (exact) mass is 407 g/mol. The van der Waals surface area contributed by atoms with E-state index in [-0.39, 0.29) is 0 Å². The molecule has 1 atom stereocenters. The average Bonchev–Trinajstić information content (AvgIpc) is 3.43. The number of aromatic nitrogens is 3. The van der Waals surface area contributed by atoms with Gasteiger partial charge in [-0.3, -0.25) is 0 Å². The van der Waals surface area contributed by atoms with Crippen molar-refractivity contribution in [1.82, 2.24) is 20.4 Å². The molecule has 0 spiro atoms. The Bertz CT molecular complexity index is 1020. The Morgan fingerprint density at radius 2 is 1.97 bits per heavy atom. The second-order valence-electron chi connectivity index (χ2n) is 8.51. The molecule has 0 amide bonds. The van der Waals surface area contributed by atoms with Crippen LogP contribution in [0.3, 0.4) is 0 Å². The maximum atomic E-state index is 5.74. The third-order valence-corrected chi connectivity index (χ3v) is 6.16. The summed E-state index contributed by atoms with van der Waals surface area (Å²) < 4.78 is 11.3. The van der Waals surface area contributed by atoms with Crippen LogP contribution in [0.15, 0.2) is 28.8 Å². The predicted octanol–water partition coefficient (Wildman–Crippen LogP) is 3.64. The van der Waals surface area contributed by atoms with Crippen LogP contribution in [0, 0.1) is 13.8 Å². The molecule has 5 rings (SSSR count). The molecule has 4 heterocycles. The molecule has 7 nitrogen and oxygen atoms in total. The Kier molecular flexibility index (Phi) is 5.39. The molecule has 1 unspecified atom stereocenters. The standard InChI is InChI=1S/C23H29N5O2/c1-15-5-6-21-17(12-15)13-20(23-25-16(2)27-30-23)22(26-21)28-9-7-18(8-10-28)24-14-19-4-3-11-29-19/h5-6,12-13,18-19,24H,3-4,7-11,14H2,1-2H3. The summed E-state index contributed by atoms with van der Waals surface area (Å²) in [6, 6.07) is 9.02. The zero-order chi connectivity index (χ0) is 20.5. The highest BCUT2D eigenvalue weighted by atomic mass is 16.5. The van der Waals surface area contributed by atoms with Crippen molar-refractivity contribution in [2.45, 2.75) is 51.7 Å². The van der Waals surface area contributed by atoms with Crippen molar-refractivity contribution in [2.24, 2.45) is 0 Å². The van der Waals surface area contributed by atoms with Crippen LogP contribution < -0.4 is 10.2 Å². The lowest BCUT2D eigenvalue weighted by Crippen LogP contribution is -2.45. The van der Waals surface area contributed by atoms with Crippen LogP contribution in [-0.4, -0.2) is 53.5 Å². The second-order valence-corrected chi connectivity index (χ2v) is 8.51. The van der Waals surface area contributed by atoms with Crippen molar-refractivity contribution in [3.05, 3.63) is 35.7 Å². The number of piperidine rings is 1. The van der Waals surface area contributed by atoms with Gasteiger partial charge in [0.05, 0.1) is 17.2 Å². The number of hydrogen-bond acceptors (Lipinski definition) is 7. The molecule has 2 fully saturated rings. The fourth-order valence-corrected chi connectivity index (χ4v) is 4.49. The van der Waals surface area contributed by atoms with E-state index in [2.05, 4.69) is 51.5 Å². The van der Waals surface area contributed by atoms with Gasteiger partial charge in [-0.05, 0) is 57.7 Å². The van der Waals surface area contributed by atoms with Gasteiger partial charge in [-0.2, -0.15) is 4.98 Å². The van der Waals surface area contributed by atoms with E-state index in [4.69, 9.17) is 14.2 Å². The lowest BCUT2D eigenvalue weighted by atomic mass is 10.0. The van der Waals surface area contributed by atoms with Crippen LogP contribution in [0.25, 0.3) is 22.4 Å². The van der Waals surface area contributed by atoms with Gasteiger partial charge in [0.15, 0.2) is 5.82 Å². The Morgan fingerprint density at radius 3 is 2.70 bits per heavy atom. The lowest BCUT2D eigenvalue weighted by Gasteiger charge is -2.34. The molecule has 2 aromatic heterocycles. The van der Waals surface area contributed by atoms with Gasteiger partial charge in [0, 0.05) is 37.7 Å². The number of ether oxygens (including phenoxy) is 1. The van der Waals surface area contributed by atoms with E-state index >= 15 is 0 Å². The maximum absolute atomic E-state index is 5.74. The smallest absolute Gasteiger partial charge is 0.261 e. The number of hydrogen-bond donors (Lipinski definition) is 1. The maximum Gasteiger partial charge on any atom is 0.261 e. The fourth-order valence-electron chi connectivity index (χ4n) is 4.49. The molecule has 2 saturated heterocycles. The molecule has 3 aromatic rings. The summed E-state index contributed by atoms with van der Waals surface area (Å²) in [7, 11) is 0. The van der Waals surface area contributed by atoms with E-state index in [0.29, 0.717) is 23.9 Å². The molecular formula is C23H29N5O2. The normalized spacial score (nSPS) is 20.3. The summed E-state index contributed by atoms with van der Waals surface area (Å²) in [5.74, 6) is 2.11. The Morgan fingerprint density at radius 1 is 1.10 bits per heavy atom. The van der Waals surface area contributed by atoms with Crippen molar-refractivity contribution < 1.29 is 9.26 Å². The summed E-state index contributed by atoms with van der Waals surface area (Å²) in [4.78, 5) is 11.9. The van der Waals surface area contributed by atoms with Crippen molar-refractivity contribution >= 4 is 16.7 Å². The minimum atomic E-state index is 0.390. The number of aryl methyl sites for hydroxylation is 2. The van der Waals surface area contributed by atoms with Crippen LogP contribution in [0.2, 0.25) is 0 Å². The first-order chi connectivity index (χ1) is 14.7. The van der Waals surface area contributed by atoms with Gasteiger partial charge in [0.1, 0.15) is 5.82 Å². The van der Waals surface area contributed by atoms with Crippen molar-refractivity contribution in [3.63, 3.8) is 0 Å². The number of rotatable bonds is 5. The van der Waals surface area contributed by atoms with Gasteiger partial charge >= 0.3 is 0 Å². The number of nitrogens with one attached hydrogen (secondary N) is 1. The molecule has 1 N–H and O–H groups in total. The third-order valence-electron chi connectivity index (χ3n) is 6.16. The molecule has 0 saturated carbocycles. The Hall–Kier alpha value is -2.51. The van der Waals surface area contributed by atoms with Crippen LogP contribution in [-0.2, 0) is 4.74 Å². The topological polar surface area (TPSA) is 76.3 Å². The summed E-state index contributed by atoms with van der Waals surface area (Å²) in [6.45, 7) is 7.72. The van der Waals surface area contributed by atoms with Gasteiger partial charge in [-0.1, -0.05) is 16.8 Å². The van der Waals surface area contributed by atoms with E-state index in [9.17, 15) is 0 Å². The molecule has 158 valence electrons. The summed E-state index contributed by atoms with van der Waals surface area (Å²) in [6.07, 6.45) is 4.93.